The van der Waals surface area contributed by atoms with Crippen molar-refractivity contribution in [1.29, 1.82) is 0 Å². The number of hydrogen-bond donors (Lipinski definition) is 2. The Morgan fingerprint density at radius 3 is 3.00 bits per heavy atom. The SMILES string of the molecule is O=C(Nc1cnccn1)C1CCN1. The number of aromatic nitrogens is 2. The minimum atomic E-state index is -0.0537. The first-order valence-corrected chi connectivity index (χ1v) is 4.16. The number of hydrogen-bond acceptors (Lipinski definition) is 4. The van der Waals surface area contributed by atoms with Gasteiger partial charge in [-0.25, -0.2) is 4.98 Å². The van der Waals surface area contributed by atoms with Gasteiger partial charge in [0.15, 0.2) is 5.82 Å². The number of amides is 1. The van der Waals surface area contributed by atoms with Gasteiger partial charge >= 0.3 is 0 Å². The highest BCUT2D eigenvalue weighted by atomic mass is 16.2. The third-order valence-electron chi connectivity index (χ3n) is 1.95. The number of rotatable bonds is 2. The summed E-state index contributed by atoms with van der Waals surface area (Å²) in [6.45, 7) is 0.915. The highest BCUT2D eigenvalue weighted by Gasteiger charge is 2.24. The average Bonchev–Trinajstić information content (AvgIpc) is 2.02. The van der Waals surface area contributed by atoms with Gasteiger partial charge in [0.2, 0.25) is 5.91 Å². The van der Waals surface area contributed by atoms with Crippen LogP contribution in [0.1, 0.15) is 6.42 Å². The van der Waals surface area contributed by atoms with E-state index in [0.717, 1.165) is 13.0 Å². The molecule has 1 aromatic heterocycles. The Morgan fingerprint density at radius 1 is 1.62 bits per heavy atom. The highest BCUT2D eigenvalue weighted by molar-refractivity contribution is 5.94. The molecule has 1 unspecified atom stereocenters. The first-order chi connectivity index (χ1) is 6.36. The van der Waals surface area contributed by atoms with Gasteiger partial charge < -0.3 is 10.6 Å². The van der Waals surface area contributed by atoms with E-state index in [-0.39, 0.29) is 11.9 Å². The lowest BCUT2D eigenvalue weighted by Gasteiger charge is -2.25. The van der Waals surface area contributed by atoms with Crippen molar-refractivity contribution in [2.24, 2.45) is 0 Å². The van der Waals surface area contributed by atoms with Gasteiger partial charge in [0.1, 0.15) is 0 Å². The van der Waals surface area contributed by atoms with Crippen molar-refractivity contribution in [3.05, 3.63) is 18.6 Å². The second-order valence-corrected chi connectivity index (χ2v) is 2.88. The molecule has 2 heterocycles. The summed E-state index contributed by atoms with van der Waals surface area (Å²) in [5.41, 5.74) is 0. The van der Waals surface area contributed by atoms with E-state index in [9.17, 15) is 4.79 Å². The molecule has 5 nitrogen and oxygen atoms in total. The molecule has 1 aliphatic rings. The average molecular weight is 178 g/mol. The van der Waals surface area contributed by atoms with Gasteiger partial charge in [-0.3, -0.25) is 9.78 Å². The Labute approximate surface area is 75.6 Å². The largest absolute Gasteiger partial charge is 0.308 e. The van der Waals surface area contributed by atoms with Gasteiger partial charge in [-0.2, -0.15) is 0 Å². The Bertz CT molecular complexity index is 296. The summed E-state index contributed by atoms with van der Waals surface area (Å²) in [4.78, 5) is 19.1. The maximum atomic E-state index is 11.4. The van der Waals surface area contributed by atoms with Crippen molar-refractivity contribution in [2.45, 2.75) is 12.5 Å². The van der Waals surface area contributed by atoms with E-state index in [1.807, 2.05) is 0 Å². The van der Waals surface area contributed by atoms with E-state index < -0.39 is 0 Å². The van der Waals surface area contributed by atoms with Crippen LogP contribution in [0.4, 0.5) is 5.82 Å². The monoisotopic (exact) mass is 178 g/mol. The second-order valence-electron chi connectivity index (χ2n) is 2.88. The minimum absolute atomic E-state index is 0.0354. The molecule has 1 aliphatic heterocycles. The lowest BCUT2D eigenvalue weighted by atomic mass is 10.1. The van der Waals surface area contributed by atoms with Crippen LogP contribution >= 0.6 is 0 Å². The van der Waals surface area contributed by atoms with Crippen molar-refractivity contribution >= 4 is 11.7 Å². The predicted octanol–water partition coefficient (Wildman–Crippen LogP) is -0.223. The zero-order chi connectivity index (χ0) is 9.10. The van der Waals surface area contributed by atoms with Crippen molar-refractivity contribution in [2.75, 3.05) is 11.9 Å². The first-order valence-electron chi connectivity index (χ1n) is 4.16. The summed E-state index contributed by atoms with van der Waals surface area (Å²) in [6, 6.07) is -0.0537. The van der Waals surface area contributed by atoms with Crippen LogP contribution in [-0.2, 0) is 4.79 Å². The molecule has 1 amide bonds. The lowest BCUT2D eigenvalue weighted by molar-refractivity contribution is -0.119. The maximum absolute atomic E-state index is 11.4. The van der Waals surface area contributed by atoms with Crippen LogP contribution in [0, 0.1) is 0 Å². The van der Waals surface area contributed by atoms with E-state index in [1.54, 1.807) is 12.4 Å². The molecular formula is C8H10N4O. The molecule has 1 atom stereocenters. The summed E-state index contributed by atoms with van der Waals surface area (Å²) >= 11 is 0. The van der Waals surface area contributed by atoms with E-state index in [4.69, 9.17) is 0 Å². The molecule has 2 rings (SSSR count). The van der Waals surface area contributed by atoms with Gasteiger partial charge in [0.05, 0.1) is 12.2 Å². The molecule has 0 aromatic carbocycles. The smallest absolute Gasteiger partial charge is 0.242 e. The van der Waals surface area contributed by atoms with Gasteiger partial charge in [0.25, 0.3) is 0 Å². The van der Waals surface area contributed by atoms with Crippen LogP contribution in [0.25, 0.3) is 0 Å². The molecule has 5 heteroatoms. The zero-order valence-electron chi connectivity index (χ0n) is 7.03. The quantitative estimate of drug-likeness (QED) is 0.657. The summed E-state index contributed by atoms with van der Waals surface area (Å²) in [5.74, 6) is 0.466. The molecule has 0 saturated carbocycles. The summed E-state index contributed by atoms with van der Waals surface area (Å²) in [6.07, 6.45) is 5.53. The molecule has 68 valence electrons. The maximum Gasteiger partial charge on any atom is 0.242 e. The van der Waals surface area contributed by atoms with Gasteiger partial charge in [-0.15, -0.1) is 0 Å². The van der Waals surface area contributed by atoms with E-state index in [2.05, 4.69) is 20.6 Å². The Kier molecular flexibility index (Phi) is 2.18. The van der Waals surface area contributed by atoms with E-state index >= 15 is 0 Å². The van der Waals surface area contributed by atoms with Crippen molar-refractivity contribution < 1.29 is 4.79 Å². The highest BCUT2D eigenvalue weighted by Crippen LogP contribution is 2.05. The van der Waals surface area contributed by atoms with Crippen molar-refractivity contribution in [1.82, 2.24) is 15.3 Å². The zero-order valence-corrected chi connectivity index (χ0v) is 7.03. The summed E-state index contributed by atoms with van der Waals surface area (Å²) in [5, 5.41) is 5.67. The molecule has 1 fully saturated rings. The molecule has 1 saturated heterocycles. The molecule has 1 aromatic rings. The second kappa shape index (κ2) is 3.49. The molecule has 2 N–H and O–H groups in total. The molecule has 0 radical (unpaired) electrons. The van der Waals surface area contributed by atoms with Crippen molar-refractivity contribution in [3.63, 3.8) is 0 Å². The molecule has 0 spiro atoms. The van der Waals surface area contributed by atoms with Crippen LogP contribution in [0.3, 0.4) is 0 Å². The summed E-state index contributed by atoms with van der Waals surface area (Å²) in [7, 11) is 0. The van der Waals surface area contributed by atoms with Crippen LogP contribution in [-0.4, -0.2) is 28.5 Å². The fraction of sp³-hybridized carbons (Fsp3) is 0.375. The van der Waals surface area contributed by atoms with Gasteiger partial charge in [-0.05, 0) is 13.0 Å². The van der Waals surface area contributed by atoms with E-state index in [1.165, 1.54) is 6.20 Å². The number of anilines is 1. The normalized spacial score (nSPS) is 20.5. The van der Waals surface area contributed by atoms with Crippen molar-refractivity contribution in [3.8, 4) is 0 Å². The number of nitrogens with zero attached hydrogens (tertiary/aromatic N) is 2. The van der Waals surface area contributed by atoms with Crippen LogP contribution < -0.4 is 10.6 Å². The fourth-order valence-electron chi connectivity index (χ4n) is 1.09. The molecule has 0 bridgehead atoms. The van der Waals surface area contributed by atoms with Crippen LogP contribution in [0.2, 0.25) is 0 Å². The first kappa shape index (κ1) is 8.12. The van der Waals surface area contributed by atoms with Gasteiger partial charge in [-0.1, -0.05) is 0 Å². The topological polar surface area (TPSA) is 66.9 Å². The summed E-state index contributed by atoms with van der Waals surface area (Å²) < 4.78 is 0. The standard InChI is InChI=1S/C8H10N4O/c13-8(6-1-2-10-6)12-7-5-9-3-4-11-7/h3-6,10H,1-2H2,(H,11,12,13). The Morgan fingerprint density at radius 2 is 2.46 bits per heavy atom. The predicted molar refractivity (Wildman–Crippen MR) is 47.1 cm³/mol. The third kappa shape index (κ3) is 1.81. The van der Waals surface area contributed by atoms with E-state index in [0.29, 0.717) is 5.82 Å². The lowest BCUT2D eigenvalue weighted by Crippen LogP contribution is -2.50. The number of carbonyl (C=O) groups excluding carboxylic acids is 1. The fourth-order valence-corrected chi connectivity index (χ4v) is 1.09. The Balaban J connectivity index is 1.94. The number of carbonyl (C=O) groups is 1. The molecule has 13 heavy (non-hydrogen) atoms. The van der Waals surface area contributed by atoms with Crippen LogP contribution in [0.5, 0.6) is 0 Å². The minimum Gasteiger partial charge on any atom is -0.308 e. The third-order valence-corrected chi connectivity index (χ3v) is 1.95. The molecular weight excluding hydrogens is 168 g/mol. The molecule has 0 aliphatic carbocycles. The number of nitrogens with one attached hydrogen (secondary N) is 2. The van der Waals surface area contributed by atoms with Crippen LogP contribution in [0.15, 0.2) is 18.6 Å². The Hall–Kier alpha value is -1.49. The van der Waals surface area contributed by atoms with Gasteiger partial charge in [0, 0.05) is 12.4 Å².